The molecule has 76 valence electrons. The molecule has 1 nitrogen and oxygen atoms in total. The second-order valence-electron chi connectivity index (χ2n) is 3.18. The van der Waals surface area contributed by atoms with Crippen LogP contribution in [0.1, 0.15) is 17.5 Å². The second-order valence-corrected chi connectivity index (χ2v) is 4.10. The maximum absolute atomic E-state index is 4.97. The summed E-state index contributed by atoms with van der Waals surface area (Å²) < 4.78 is 6.09. The fraction of sp³-hybridized carbons (Fsp3) is 0.333. The van der Waals surface area contributed by atoms with Crippen molar-refractivity contribution in [3.63, 3.8) is 0 Å². The van der Waals surface area contributed by atoms with Crippen molar-refractivity contribution in [1.29, 1.82) is 0 Å². The van der Waals surface area contributed by atoms with Gasteiger partial charge in [0.2, 0.25) is 0 Å². The zero-order valence-corrected chi connectivity index (χ0v) is 10.2. The van der Waals surface area contributed by atoms with Crippen LogP contribution in [0.15, 0.2) is 28.7 Å². The predicted octanol–water partition coefficient (Wildman–Crippen LogP) is 3.81. The van der Waals surface area contributed by atoms with Crippen LogP contribution in [-0.4, -0.2) is 13.7 Å². The first-order valence-electron chi connectivity index (χ1n) is 4.65. The van der Waals surface area contributed by atoms with Crippen molar-refractivity contribution in [3.8, 4) is 0 Å². The van der Waals surface area contributed by atoms with Gasteiger partial charge in [-0.05, 0) is 36.6 Å². The molecule has 0 fully saturated rings. The van der Waals surface area contributed by atoms with Gasteiger partial charge in [-0.15, -0.1) is 0 Å². The third-order valence-corrected chi connectivity index (χ3v) is 2.52. The first-order valence-corrected chi connectivity index (χ1v) is 5.45. The molecule has 0 saturated carbocycles. The third kappa shape index (κ3) is 3.64. The SMILES string of the molecule is COCC/C=C/c1cc(Br)ccc1C. The smallest absolute Gasteiger partial charge is 0.0496 e. The fourth-order valence-electron chi connectivity index (χ4n) is 1.19. The van der Waals surface area contributed by atoms with Crippen LogP contribution in [0.2, 0.25) is 0 Å². The summed E-state index contributed by atoms with van der Waals surface area (Å²) in [5.74, 6) is 0. The van der Waals surface area contributed by atoms with Crippen molar-refractivity contribution in [1.82, 2.24) is 0 Å². The highest BCUT2D eigenvalue weighted by molar-refractivity contribution is 9.10. The van der Waals surface area contributed by atoms with Crippen LogP contribution in [0.25, 0.3) is 6.08 Å². The largest absolute Gasteiger partial charge is 0.384 e. The van der Waals surface area contributed by atoms with Gasteiger partial charge in [0.05, 0.1) is 0 Å². The average molecular weight is 255 g/mol. The van der Waals surface area contributed by atoms with E-state index in [9.17, 15) is 0 Å². The number of hydrogen-bond acceptors (Lipinski definition) is 1. The number of halogens is 1. The highest BCUT2D eigenvalue weighted by Crippen LogP contribution is 2.17. The van der Waals surface area contributed by atoms with Gasteiger partial charge in [0, 0.05) is 18.2 Å². The van der Waals surface area contributed by atoms with Crippen molar-refractivity contribution in [2.75, 3.05) is 13.7 Å². The molecule has 0 aliphatic heterocycles. The summed E-state index contributed by atoms with van der Waals surface area (Å²) in [4.78, 5) is 0. The van der Waals surface area contributed by atoms with Crippen molar-refractivity contribution in [2.24, 2.45) is 0 Å². The van der Waals surface area contributed by atoms with E-state index in [0.717, 1.165) is 17.5 Å². The van der Waals surface area contributed by atoms with Crippen LogP contribution in [0.5, 0.6) is 0 Å². The molecule has 0 heterocycles. The summed E-state index contributed by atoms with van der Waals surface area (Å²) >= 11 is 3.46. The maximum Gasteiger partial charge on any atom is 0.0496 e. The lowest BCUT2D eigenvalue weighted by Gasteiger charge is -2.00. The minimum Gasteiger partial charge on any atom is -0.384 e. The van der Waals surface area contributed by atoms with E-state index in [0.29, 0.717) is 0 Å². The van der Waals surface area contributed by atoms with Crippen LogP contribution in [0.3, 0.4) is 0 Å². The summed E-state index contributed by atoms with van der Waals surface area (Å²) in [5.41, 5.74) is 2.55. The maximum atomic E-state index is 4.97. The Hall–Kier alpha value is -0.600. The predicted molar refractivity (Wildman–Crippen MR) is 64.4 cm³/mol. The minimum absolute atomic E-state index is 0.781. The van der Waals surface area contributed by atoms with Gasteiger partial charge < -0.3 is 4.74 Å². The second kappa shape index (κ2) is 5.99. The number of hydrogen-bond donors (Lipinski definition) is 0. The van der Waals surface area contributed by atoms with E-state index >= 15 is 0 Å². The van der Waals surface area contributed by atoms with Crippen molar-refractivity contribution in [3.05, 3.63) is 39.9 Å². The van der Waals surface area contributed by atoms with Crippen molar-refractivity contribution < 1.29 is 4.74 Å². The molecular formula is C12H15BrO. The molecular weight excluding hydrogens is 240 g/mol. The number of methoxy groups -OCH3 is 1. The van der Waals surface area contributed by atoms with E-state index in [-0.39, 0.29) is 0 Å². The van der Waals surface area contributed by atoms with Gasteiger partial charge >= 0.3 is 0 Å². The molecule has 1 aromatic rings. The van der Waals surface area contributed by atoms with Crippen LogP contribution in [0.4, 0.5) is 0 Å². The van der Waals surface area contributed by atoms with Crippen LogP contribution in [0, 0.1) is 6.92 Å². The Morgan fingerprint density at radius 3 is 2.93 bits per heavy atom. The number of benzene rings is 1. The molecule has 0 aliphatic carbocycles. The lowest BCUT2D eigenvalue weighted by molar-refractivity contribution is 0.204. The fourth-order valence-corrected chi connectivity index (χ4v) is 1.57. The minimum atomic E-state index is 0.781. The Kier molecular flexibility index (Phi) is 4.91. The Morgan fingerprint density at radius 2 is 2.21 bits per heavy atom. The molecule has 0 aromatic heterocycles. The van der Waals surface area contributed by atoms with E-state index < -0.39 is 0 Å². The van der Waals surface area contributed by atoms with Crippen LogP contribution in [-0.2, 0) is 4.74 Å². The normalized spacial score (nSPS) is 11.1. The van der Waals surface area contributed by atoms with E-state index in [1.807, 2.05) is 0 Å². The first-order chi connectivity index (χ1) is 6.74. The summed E-state index contributed by atoms with van der Waals surface area (Å²) in [6, 6.07) is 6.29. The van der Waals surface area contributed by atoms with Gasteiger partial charge in [-0.25, -0.2) is 0 Å². The third-order valence-electron chi connectivity index (χ3n) is 2.03. The summed E-state index contributed by atoms with van der Waals surface area (Å²) in [6.07, 6.45) is 5.24. The number of aryl methyl sites for hydroxylation is 1. The molecule has 0 atom stereocenters. The lowest BCUT2D eigenvalue weighted by Crippen LogP contribution is -1.84. The molecule has 0 radical (unpaired) electrons. The molecule has 14 heavy (non-hydrogen) atoms. The van der Waals surface area contributed by atoms with Gasteiger partial charge in [0.1, 0.15) is 0 Å². The standard InChI is InChI=1S/C12H15BrO/c1-10-6-7-12(13)9-11(10)5-3-4-8-14-2/h3,5-7,9H,4,8H2,1-2H3/b5-3+. The van der Waals surface area contributed by atoms with Gasteiger partial charge in [-0.2, -0.15) is 0 Å². The van der Waals surface area contributed by atoms with Crippen LogP contribution >= 0.6 is 15.9 Å². The Balaban J connectivity index is 2.65. The molecule has 0 spiro atoms. The summed E-state index contributed by atoms with van der Waals surface area (Å²) in [6.45, 7) is 2.89. The van der Waals surface area contributed by atoms with Gasteiger partial charge in [-0.1, -0.05) is 34.1 Å². The Bertz CT molecular complexity index is 318. The van der Waals surface area contributed by atoms with Crippen LogP contribution < -0.4 is 0 Å². The van der Waals surface area contributed by atoms with E-state index in [2.05, 4.69) is 53.2 Å². The van der Waals surface area contributed by atoms with E-state index in [1.54, 1.807) is 7.11 Å². The topological polar surface area (TPSA) is 9.23 Å². The highest BCUT2D eigenvalue weighted by Gasteiger charge is 1.94. The molecule has 0 N–H and O–H groups in total. The Morgan fingerprint density at radius 1 is 1.43 bits per heavy atom. The molecule has 1 rings (SSSR count). The molecule has 0 saturated heterocycles. The molecule has 0 unspecified atom stereocenters. The monoisotopic (exact) mass is 254 g/mol. The van der Waals surface area contributed by atoms with E-state index in [4.69, 9.17) is 4.74 Å². The highest BCUT2D eigenvalue weighted by atomic mass is 79.9. The lowest BCUT2D eigenvalue weighted by atomic mass is 10.1. The van der Waals surface area contributed by atoms with Gasteiger partial charge in [-0.3, -0.25) is 0 Å². The number of ether oxygens (including phenoxy) is 1. The van der Waals surface area contributed by atoms with Gasteiger partial charge in [0.15, 0.2) is 0 Å². The quantitative estimate of drug-likeness (QED) is 0.743. The molecule has 1 aromatic carbocycles. The zero-order valence-electron chi connectivity index (χ0n) is 8.59. The molecule has 2 heteroatoms. The average Bonchev–Trinajstić information content (AvgIpc) is 2.18. The van der Waals surface area contributed by atoms with E-state index in [1.165, 1.54) is 11.1 Å². The summed E-state index contributed by atoms with van der Waals surface area (Å²) in [5, 5.41) is 0. The Labute approximate surface area is 93.9 Å². The molecule has 0 aliphatic rings. The van der Waals surface area contributed by atoms with Gasteiger partial charge in [0.25, 0.3) is 0 Å². The van der Waals surface area contributed by atoms with Crippen molar-refractivity contribution >= 4 is 22.0 Å². The number of rotatable bonds is 4. The first kappa shape index (κ1) is 11.5. The zero-order chi connectivity index (χ0) is 10.4. The summed E-state index contributed by atoms with van der Waals surface area (Å²) in [7, 11) is 1.72. The molecule has 0 amide bonds. The molecule has 0 bridgehead atoms. The van der Waals surface area contributed by atoms with Crippen molar-refractivity contribution in [2.45, 2.75) is 13.3 Å².